The molecule has 2 heterocycles. The van der Waals surface area contributed by atoms with Crippen molar-refractivity contribution in [2.45, 2.75) is 57.0 Å². The van der Waals surface area contributed by atoms with E-state index in [1.165, 1.54) is 44.2 Å². The fourth-order valence-corrected chi connectivity index (χ4v) is 4.63. The molecule has 186 valence electrons. The van der Waals surface area contributed by atoms with E-state index in [-0.39, 0.29) is 18.1 Å². The molecule has 2 amide bonds. The smallest absolute Gasteiger partial charge is 0.268 e. The van der Waals surface area contributed by atoms with E-state index in [0.717, 1.165) is 23.9 Å². The highest BCUT2D eigenvalue weighted by molar-refractivity contribution is 6.30. The number of nitrogens with one attached hydrogen (secondary N) is 4. The average Bonchev–Trinajstić information content (AvgIpc) is 3.28. The van der Waals surface area contributed by atoms with Crippen LogP contribution in [0.3, 0.4) is 0 Å². The molecule has 1 atom stereocenters. The molecule has 0 saturated heterocycles. The van der Waals surface area contributed by atoms with Crippen molar-refractivity contribution in [2.24, 2.45) is 0 Å². The Bertz CT molecular complexity index is 1140. The first kappa shape index (κ1) is 25.1. The van der Waals surface area contributed by atoms with E-state index in [4.69, 9.17) is 11.6 Å². The van der Waals surface area contributed by atoms with Crippen molar-refractivity contribution in [1.82, 2.24) is 25.9 Å². The van der Waals surface area contributed by atoms with Crippen LogP contribution in [-0.2, 0) is 11.2 Å². The van der Waals surface area contributed by atoms with Gasteiger partial charge in [-0.15, -0.1) is 0 Å². The van der Waals surface area contributed by atoms with Crippen LogP contribution in [0.15, 0.2) is 42.6 Å². The van der Waals surface area contributed by atoms with Gasteiger partial charge in [0.25, 0.3) is 5.91 Å². The summed E-state index contributed by atoms with van der Waals surface area (Å²) in [6.45, 7) is 1.34. The van der Waals surface area contributed by atoms with Crippen LogP contribution in [0.2, 0.25) is 5.15 Å². The Morgan fingerprint density at radius 1 is 1.11 bits per heavy atom. The number of fused-ring (bicyclic) bond motifs is 1. The predicted molar refractivity (Wildman–Crippen MR) is 135 cm³/mol. The molecule has 35 heavy (non-hydrogen) atoms. The number of pyridine rings is 1. The first-order valence-electron chi connectivity index (χ1n) is 12.2. The largest absolute Gasteiger partial charge is 0.354 e. The Kier molecular flexibility index (Phi) is 8.71. The zero-order valence-electron chi connectivity index (χ0n) is 19.6. The lowest BCUT2D eigenvalue weighted by Gasteiger charge is -2.23. The molecule has 0 spiro atoms. The summed E-state index contributed by atoms with van der Waals surface area (Å²) in [4.78, 5) is 33.0. The van der Waals surface area contributed by atoms with Crippen LogP contribution in [0.1, 0.15) is 54.6 Å². The van der Waals surface area contributed by atoms with E-state index in [0.29, 0.717) is 29.0 Å². The summed E-state index contributed by atoms with van der Waals surface area (Å²) in [6, 6.07) is 9.02. The number of carbonyl (C=O) groups is 2. The van der Waals surface area contributed by atoms with Gasteiger partial charge in [-0.1, -0.05) is 43.0 Å². The van der Waals surface area contributed by atoms with Crippen molar-refractivity contribution in [2.75, 3.05) is 13.1 Å². The molecule has 2 aromatic heterocycles. The molecule has 1 saturated carbocycles. The fourth-order valence-electron chi connectivity index (χ4n) is 4.46. The highest BCUT2D eigenvalue weighted by Crippen LogP contribution is 2.18. The second kappa shape index (κ2) is 12.1. The lowest BCUT2D eigenvalue weighted by Crippen LogP contribution is -2.48. The average molecular weight is 500 g/mol. The Morgan fingerprint density at radius 3 is 2.66 bits per heavy atom. The van der Waals surface area contributed by atoms with E-state index in [1.807, 2.05) is 0 Å². The number of amides is 2. The zero-order valence-corrected chi connectivity index (χ0v) is 20.3. The second-order valence-electron chi connectivity index (χ2n) is 9.07. The number of hydrogen-bond acceptors (Lipinski definition) is 4. The van der Waals surface area contributed by atoms with Crippen LogP contribution < -0.4 is 16.0 Å². The van der Waals surface area contributed by atoms with E-state index in [9.17, 15) is 14.0 Å². The third-order valence-corrected chi connectivity index (χ3v) is 6.59. The maximum Gasteiger partial charge on any atom is 0.268 e. The lowest BCUT2D eigenvalue weighted by atomic mass is 9.95. The van der Waals surface area contributed by atoms with Gasteiger partial charge >= 0.3 is 0 Å². The Hall–Kier alpha value is -2.97. The van der Waals surface area contributed by atoms with Crippen LogP contribution in [0, 0.1) is 5.82 Å². The summed E-state index contributed by atoms with van der Waals surface area (Å²) in [5.41, 5.74) is 1.72. The minimum absolute atomic E-state index is 0.242. The summed E-state index contributed by atoms with van der Waals surface area (Å²) >= 11 is 5.94. The standard InChI is InChI=1S/C26H31ClFN5O2/c27-24-15-18-14-22(32-23(18)16-31-24)26(35)33-21(13-17-7-9-19(28)10-8-17)25(34)30-12-4-11-29-20-5-2-1-3-6-20/h7-10,14-16,20-21,29,32H,1-6,11-13H2,(H,30,34)(H,33,35)/t21-/m0/s1. The summed E-state index contributed by atoms with van der Waals surface area (Å²) in [5.74, 6) is -1.05. The monoisotopic (exact) mass is 499 g/mol. The first-order valence-corrected chi connectivity index (χ1v) is 12.6. The molecule has 0 aliphatic heterocycles. The topological polar surface area (TPSA) is 98.9 Å². The molecule has 7 nitrogen and oxygen atoms in total. The SMILES string of the molecule is O=C(N[C@@H](Cc1ccc(F)cc1)C(=O)NCCCNC1CCCCC1)c1cc2cc(Cl)ncc2[nH]1. The fraction of sp³-hybridized carbons (Fsp3) is 0.423. The Morgan fingerprint density at radius 2 is 1.89 bits per heavy atom. The molecule has 4 N–H and O–H groups in total. The van der Waals surface area contributed by atoms with Crippen LogP contribution in [-0.4, -0.2) is 47.0 Å². The summed E-state index contributed by atoms with van der Waals surface area (Å²) in [6.07, 6.45) is 8.90. The number of aromatic nitrogens is 2. The normalized spacial score (nSPS) is 15.1. The summed E-state index contributed by atoms with van der Waals surface area (Å²) in [5, 5.41) is 10.4. The van der Waals surface area contributed by atoms with Gasteiger partial charge in [-0.3, -0.25) is 9.59 Å². The maximum absolute atomic E-state index is 13.3. The Balaban J connectivity index is 1.36. The van der Waals surface area contributed by atoms with E-state index in [2.05, 4.69) is 25.9 Å². The van der Waals surface area contributed by atoms with Crippen molar-refractivity contribution >= 4 is 34.3 Å². The third-order valence-electron chi connectivity index (χ3n) is 6.38. The molecule has 1 aliphatic carbocycles. The zero-order chi connectivity index (χ0) is 24.6. The highest BCUT2D eigenvalue weighted by atomic mass is 35.5. The maximum atomic E-state index is 13.3. The van der Waals surface area contributed by atoms with Gasteiger partial charge in [0.2, 0.25) is 5.91 Å². The molecule has 1 aromatic carbocycles. The minimum atomic E-state index is -0.813. The highest BCUT2D eigenvalue weighted by Gasteiger charge is 2.23. The molecule has 1 aliphatic rings. The third kappa shape index (κ3) is 7.26. The van der Waals surface area contributed by atoms with Crippen LogP contribution in [0.25, 0.3) is 10.9 Å². The number of nitrogens with zero attached hydrogens (tertiary/aromatic N) is 1. The van der Waals surface area contributed by atoms with Crippen LogP contribution in [0.4, 0.5) is 4.39 Å². The minimum Gasteiger partial charge on any atom is -0.354 e. The van der Waals surface area contributed by atoms with Crippen molar-refractivity contribution < 1.29 is 14.0 Å². The van der Waals surface area contributed by atoms with Gasteiger partial charge in [0.15, 0.2) is 0 Å². The number of benzene rings is 1. The van der Waals surface area contributed by atoms with Gasteiger partial charge in [0, 0.05) is 24.4 Å². The quantitative estimate of drug-likeness (QED) is 0.249. The first-order chi connectivity index (χ1) is 17.0. The number of hydrogen-bond donors (Lipinski definition) is 4. The van der Waals surface area contributed by atoms with Gasteiger partial charge in [0.05, 0.1) is 11.7 Å². The second-order valence-corrected chi connectivity index (χ2v) is 9.45. The molecule has 1 fully saturated rings. The van der Waals surface area contributed by atoms with E-state index >= 15 is 0 Å². The van der Waals surface area contributed by atoms with Crippen LogP contribution in [0.5, 0.6) is 0 Å². The van der Waals surface area contributed by atoms with Crippen molar-refractivity contribution in [1.29, 1.82) is 0 Å². The van der Waals surface area contributed by atoms with Gasteiger partial charge in [0.1, 0.15) is 22.7 Å². The molecule has 3 aromatic rings. The number of H-pyrrole nitrogens is 1. The van der Waals surface area contributed by atoms with Crippen molar-refractivity contribution in [3.05, 3.63) is 64.8 Å². The van der Waals surface area contributed by atoms with Crippen molar-refractivity contribution in [3.63, 3.8) is 0 Å². The van der Waals surface area contributed by atoms with Gasteiger partial charge in [-0.05, 0) is 55.6 Å². The van der Waals surface area contributed by atoms with Crippen molar-refractivity contribution in [3.8, 4) is 0 Å². The van der Waals surface area contributed by atoms with Crippen LogP contribution >= 0.6 is 11.6 Å². The molecule has 0 bridgehead atoms. The molecule has 9 heteroatoms. The number of carbonyl (C=O) groups excluding carboxylic acids is 2. The summed E-state index contributed by atoms with van der Waals surface area (Å²) < 4.78 is 13.3. The van der Waals surface area contributed by atoms with Gasteiger partial charge < -0.3 is 20.9 Å². The molecule has 0 radical (unpaired) electrons. The molecule has 4 rings (SSSR count). The predicted octanol–water partition coefficient (Wildman–Crippen LogP) is 4.13. The van der Waals surface area contributed by atoms with Gasteiger partial charge in [-0.2, -0.15) is 0 Å². The molecule has 0 unspecified atom stereocenters. The number of aromatic amines is 1. The number of rotatable bonds is 10. The van der Waals surface area contributed by atoms with E-state index < -0.39 is 11.9 Å². The Labute approximate surface area is 209 Å². The van der Waals surface area contributed by atoms with E-state index in [1.54, 1.807) is 30.5 Å². The number of halogens is 2. The summed E-state index contributed by atoms with van der Waals surface area (Å²) in [7, 11) is 0. The lowest BCUT2D eigenvalue weighted by molar-refractivity contribution is -0.122. The van der Waals surface area contributed by atoms with Gasteiger partial charge in [-0.25, -0.2) is 9.37 Å². The molecular weight excluding hydrogens is 469 g/mol. The molecular formula is C26H31ClFN5O2.